The normalized spacial score (nSPS) is 16.7. The second kappa shape index (κ2) is 6.12. The number of benzene rings is 1. The van der Waals surface area contributed by atoms with Crippen molar-refractivity contribution in [3.63, 3.8) is 0 Å². The molecule has 0 aliphatic carbocycles. The molecule has 3 nitrogen and oxygen atoms in total. The van der Waals surface area contributed by atoms with Gasteiger partial charge in [-0.15, -0.1) is 0 Å². The minimum absolute atomic E-state index is 0.143. The van der Waals surface area contributed by atoms with E-state index in [9.17, 15) is 4.79 Å². The highest BCUT2D eigenvalue weighted by Gasteiger charge is 2.19. The van der Waals surface area contributed by atoms with Crippen LogP contribution in [-0.4, -0.2) is 48.9 Å². The van der Waals surface area contributed by atoms with E-state index < -0.39 is 0 Å². The number of carbonyl (C=O) groups is 1. The van der Waals surface area contributed by atoms with Crippen LogP contribution in [0.4, 0.5) is 0 Å². The summed E-state index contributed by atoms with van der Waals surface area (Å²) in [6.07, 6.45) is 0.365. The first-order chi connectivity index (χ1) is 8.97. The van der Waals surface area contributed by atoms with Gasteiger partial charge in [0.15, 0.2) is 0 Å². The van der Waals surface area contributed by atoms with Crippen LogP contribution in [0.25, 0.3) is 0 Å². The fourth-order valence-electron chi connectivity index (χ4n) is 2.14. The number of nitrogens with zero attached hydrogens (tertiary/aromatic N) is 2. The van der Waals surface area contributed by atoms with Gasteiger partial charge in [0.05, 0.1) is 6.42 Å². The van der Waals surface area contributed by atoms with E-state index in [-0.39, 0.29) is 5.91 Å². The SMILES string of the molecule is Cc1c(Cl)cc(CC(=O)N2CCN(C)CC2)cc1Cl. The lowest BCUT2D eigenvalue weighted by Gasteiger charge is -2.32. The highest BCUT2D eigenvalue weighted by atomic mass is 35.5. The zero-order chi connectivity index (χ0) is 14.0. The molecule has 0 aromatic heterocycles. The van der Waals surface area contributed by atoms with Gasteiger partial charge in [0.2, 0.25) is 5.91 Å². The summed E-state index contributed by atoms with van der Waals surface area (Å²) >= 11 is 12.2. The number of hydrogen-bond donors (Lipinski definition) is 0. The molecule has 104 valence electrons. The number of hydrogen-bond acceptors (Lipinski definition) is 2. The molecule has 2 rings (SSSR count). The molecule has 1 aliphatic heterocycles. The predicted octanol–water partition coefficient (Wildman–Crippen LogP) is 2.62. The lowest BCUT2D eigenvalue weighted by molar-refractivity contribution is -0.132. The average Bonchev–Trinajstić information content (AvgIpc) is 2.36. The van der Waals surface area contributed by atoms with E-state index in [1.165, 1.54) is 0 Å². The van der Waals surface area contributed by atoms with E-state index in [1.54, 1.807) is 0 Å². The van der Waals surface area contributed by atoms with Gasteiger partial charge in [-0.3, -0.25) is 4.79 Å². The van der Waals surface area contributed by atoms with Crippen LogP contribution in [0.2, 0.25) is 10.0 Å². The van der Waals surface area contributed by atoms with Crippen LogP contribution in [0.1, 0.15) is 11.1 Å². The Morgan fingerprint density at radius 2 is 1.68 bits per heavy atom. The van der Waals surface area contributed by atoms with Crippen molar-refractivity contribution in [2.24, 2.45) is 0 Å². The molecule has 1 saturated heterocycles. The lowest BCUT2D eigenvalue weighted by atomic mass is 10.1. The van der Waals surface area contributed by atoms with Gasteiger partial charge in [-0.2, -0.15) is 0 Å². The molecule has 0 radical (unpaired) electrons. The molecular weight excluding hydrogens is 283 g/mol. The van der Waals surface area contributed by atoms with Crippen molar-refractivity contribution in [2.45, 2.75) is 13.3 Å². The molecule has 0 bridgehead atoms. The van der Waals surface area contributed by atoms with Gasteiger partial charge in [-0.25, -0.2) is 0 Å². The molecule has 1 fully saturated rings. The fraction of sp³-hybridized carbons (Fsp3) is 0.500. The third-order valence-corrected chi connectivity index (χ3v) is 4.34. The molecule has 0 N–H and O–H groups in total. The first-order valence-corrected chi connectivity index (χ1v) is 7.14. The van der Waals surface area contributed by atoms with Gasteiger partial charge >= 0.3 is 0 Å². The monoisotopic (exact) mass is 300 g/mol. The van der Waals surface area contributed by atoms with Crippen LogP contribution in [-0.2, 0) is 11.2 Å². The number of piperazine rings is 1. The Hall–Kier alpha value is -0.770. The third-order valence-electron chi connectivity index (χ3n) is 3.55. The second-order valence-corrected chi connectivity index (χ2v) is 5.86. The minimum atomic E-state index is 0.143. The molecule has 1 aromatic carbocycles. The molecule has 1 aliphatic rings. The Morgan fingerprint density at radius 3 is 2.21 bits per heavy atom. The number of rotatable bonds is 2. The van der Waals surface area contributed by atoms with Crippen LogP contribution < -0.4 is 0 Å². The van der Waals surface area contributed by atoms with E-state index >= 15 is 0 Å². The Balaban J connectivity index is 2.03. The van der Waals surface area contributed by atoms with Crippen LogP contribution in [0.5, 0.6) is 0 Å². The maximum atomic E-state index is 12.2. The van der Waals surface area contributed by atoms with Gasteiger partial charge in [-0.1, -0.05) is 23.2 Å². The molecule has 1 amide bonds. The Bertz CT molecular complexity index is 459. The first-order valence-electron chi connectivity index (χ1n) is 6.38. The van der Waals surface area contributed by atoms with Crippen molar-refractivity contribution >= 4 is 29.1 Å². The highest BCUT2D eigenvalue weighted by molar-refractivity contribution is 6.36. The maximum Gasteiger partial charge on any atom is 0.227 e. The molecular formula is C14H18Cl2N2O. The molecule has 1 heterocycles. The van der Waals surface area contributed by atoms with Gasteiger partial charge in [0.25, 0.3) is 0 Å². The standard InChI is InChI=1S/C14H18Cl2N2O/c1-10-12(15)7-11(8-13(10)16)9-14(19)18-5-3-17(2)4-6-18/h7-8H,3-6,9H2,1-2H3. The van der Waals surface area contributed by atoms with Crippen molar-refractivity contribution in [2.75, 3.05) is 33.2 Å². The van der Waals surface area contributed by atoms with Gasteiger partial charge < -0.3 is 9.80 Å². The molecule has 0 unspecified atom stereocenters. The quantitative estimate of drug-likeness (QED) is 0.838. The summed E-state index contributed by atoms with van der Waals surface area (Å²) in [6, 6.07) is 3.66. The van der Waals surface area contributed by atoms with Crippen molar-refractivity contribution in [1.82, 2.24) is 9.80 Å². The third kappa shape index (κ3) is 3.62. The molecule has 1 aromatic rings. The number of carbonyl (C=O) groups excluding carboxylic acids is 1. The van der Waals surface area contributed by atoms with Crippen LogP contribution in [0.3, 0.4) is 0 Å². The first kappa shape index (κ1) is 14.6. The van der Waals surface area contributed by atoms with Gasteiger partial charge in [0.1, 0.15) is 0 Å². The van der Waals surface area contributed by atoms with Crippen LogP contribution in [0.15, 0.2) is 12.1 Å². The molecule has 19 heavy (non-hydrogen) atoms. The highest BCUT2D eigenvalue weighted by Crippen LogP contribution is 2.26. The second-order valence-electron chi connectivity index (χ2n) is 5.05. The van der Waals surface area contributed by atoms with E-state index in [4.69, 9.17) is 23.2 Å². The maximum absolute atomic E-state index is 12.2. The van der Waals surface area contributed by atoms with E-state index in [1.807, 2.05) is 24.0 Å². The number of likely N-dealkylation sites (N-methyl/N-ethyl adjacent to an activating group) is 1. The summed E-state index contributed by atoms with van der Waals surface area (Å²) in [5.41, 5.74) is 1.74. The number of amides is 1. The zero-order valence-corrected chi connectivity index (χ0v) is 12.8. The summed E-state index contributed by atoms with van der Waals surface area (Å²) in [7, 11) is 2.07. The summed E-state index contributed by atoms with van der Waals surface area (Å²) in [5.74, 6) is 0.143. The molecule has 5 heteroatoms. The largest absolute Gasteiger partial charge is 0.340 e. The van der Waals surface area contributed by atoms with Crippen molar-refractivity contribution in [1.29, 1.82) is 0 Å². The van der Waals surface area contributed by atoms with E-state index in [2.05, 4.69) is 11.9 Å². The van der Waals surface area contributed by atoms with E-state index in [0.29, 0.717) is 16.5 Å². The fourth-order valence-corrected chi connectivity index (χ4v) is 2.67. The van der Waals surface area contributed by atoms with Crippen molar-refractivity contribution in [3.05, 3.63) is 33.3 Å². The zero-order valence-electron chi connectivity index (χ0n) is 11.2. The average molecular weight is 301 g/mol. The Morgan fingerprint density at radius 1 is 1.16 bits per heavy atom. The van der Waals surface area contributed by atoms with E-state index in [0.717, 1.165) is 37.3 Å². The van der Waals surface area contributed by atoms with Gasteiger partial charge in [-0.05, 0) is 37.2 Å². The smallest absolute Gasteiger partial charge is 0.227 e. The lowest BCUT2D eigenvalue weighted by Crippen LogP contribution is -2.47. The molecule has 0 spiro atoms. The van der Waals surface area contributed by atoms with Crippen LogP contribution in [0, 0.1) is 6.92 Å². The summed E-state index contributed by atoms with van der Waals surface area (Å²) in [6.45, 7) is 5.32. The summed E-state index contributed by atoms with van der Waals surface area (Å²) < 4.78 is 0. The van der Waals surface area contributed by atoms with Crippen molar-refractivity contribution < 1.29 is 4.79 Å². The predicted molar refractivity (Wildman–Crippen MR) is 79.0 cm³/mol. The van der Waals surface area contributed by atoms with Crippen LogP contribution >= 0.6 is 23.2 Å². The Labute approximate surface area is 124 Å². The van der Waals surface area contributed by atoms with Crippen molar-refractivity contribution in [3.8, 4) is 0 Å². The minimum Gasteiger partial charge on any atom is -0.340 e. The topological polar surface area (TPSA) is 23.6 Å². The number of halogens is 2. The molecule has 0 saturated carbocycles. The summed E-state index contributed by atoms with van der Waals surface area (Å²) in [4.78, 5) is 16.3. The molecule has 0 atom stereocenters. The van der Waals surface area contributed by atoms with Gasteiger partial charge in [0, 0.05) is 36.2 Å². The Kier molecular flexibility index (Phi) is 4.71. The summed E-state index contributed by atoms with van der Waals surface area (Å²) in [5, 5.41) is 1.24.